The van der Waals surface area contributed by atoms with E-state index in [-0.39, 0.29) is 0 Å². The van der Waals surface area contributed by atoms with E-state index in [0.29, 0.717) is 6.61 Å². The van der Waals surface area contributed by atoms with Crippen molar-refractivity contribution in [1.82, 2.24) is 14.8 Å². The Morgan fingerprint density at radius 3 is 2.52 bits per heavy atom. The molecule has 0 unspecified atom stereocenters. The zero-order valence-corrected chi connectivity index (χ0v) is 15.4. The zero-order chi connectivity index (χ0) is 17.6. The standard InChI is InChI=1S/C19H21N3O2S/c1-14-5-4-6-15(11-14)13-25-19-21-20-18(12-23-2)22(19)16-7-9-17(24-3)10-8-16/h4-11H,12-13H2,1-3H3. The predicted octanol–water partition coefficient (Wildman–Crippen LogP) is 4.02. The quantitative estimate of drug-likeness (QED) is 0.599. The van der Waals surface area contributed by atoms with E-state index >= 15 is 0 Å². The lowest BCUT2D eigenvalue weighted by atomic mass is 10.2. The van der Waals surface area contributed by atoms with Crippen molar-refractivity contribution in [3.8, 4) is 11.4 Å². The van der Waals surface area contributed by atoms with Gasteiger partial charge in [0.05, 0.1) is 7.11 Å². The number of rotatable bonds is 7. The van der Waals surface area contributed by atoms with Crippen LogP contribution >= 0.6 is 11.8 Å². The first-order valence-electron chi connectivity index (χ1n) is 7.97. The van der Waals surface area contributed by atoms with Gasteiger partial charge in [0.2, 0.25) is 0 Å². The fourth-order valence-electron chi connectivity index (χ4n) is 2.56. The lowest BCUT2D eigenvalue weighted by Crippen LogP contribution is -2.04. The highest BCUT2D eigenvalue weighted by Gasteiger charge is 2.14. The van der Waals surface area contributed by atoms with Crippen molar-refractivity contribution in [1.29, 1.82) is 0 Å². The zero-order valence-electron chi connectivity index (χ0n) is 14.6. The number of thioether (sulfide) groups is 1. The SMILES string of the molecule is COCc1nnc(SCc2cccc(C)c2)n1-c1ccc(OC)cc1. The molecule has 0 amide bonds. The van der Waals surface area contributed by atoms with Gasteiger partial charge >= 0.3 is 0 Å². The summed E-state index contributed by atoms with van der Waals surface area (Å²) in [6, 6.07) is 16.4. The second kappa shape index (κ2) is 8.18. The van der Waals surface area contributed by atoms with E-state index in [9.17, 15) is 0 Å². The Labute approximate surface area is 152 Å². The fraction of sp³-hybridized carbons (Fsp3) is 0.263. The van der Waals surface area contributed by atoms with Crippen LogP contribution in [-0.4, -0.2) is 29.0 Å². The fourth-order valence-corrected chi connectivity index (χ4v) is 3.47. The van der Waals surface area contributed by atoms with Crippen LogP contribution in [0, 0.1) is 6.92 Å². The van der Waals surface area contributed by atoms with Crippen LogP contribution in [0.2, 0.25) is 0 Å². The van der Waals surface area contributed by atoms with Gasteiger partial charge in [0.1, 0.15) is 12.4 Å². The highest BCUT2D eigenvalue weighted by Crippen LogP contribution is 2.26. The van der Waals surface area contributed by atoms with Crippen molar-refractivity contribution >= 4 is 11.8 Å². The highest BCUT2D eigenvalue weighted by molar-refractivity contribution is 7.98. The van der Waals surface area contributed by atoms with Gasteiger partial charge in [-0.15, -0.1) is 10.2 Å². The van der Waals surface area contributed by atoms with E-state index < -0.39 is 0 Å². The summed E-state index contributed by atoms with van der Waals surface area (Å²) < 4.78 is 12.5. The molecule has 0 atom stereocenters. The summed E-state index contributed by atoms with van der Waals surface area (Å²) in [5.74, 6) is 2.43. The Bertz CT molecular complexity index is 831. The summed E-state index contributed by atoms with van der Waals surface area (Å²) in [6.07, 6.45) is 0. The summed E-state index contributed by atoms with van der Waals surface area (Å²) in [6.45, 7) is 2.51. The number of methoxy groups -OCH3 is 2. The molecule has 0 aliphatic rings. The molecule has 0 saturated heterocycles. The highest BCUT2D eigenvalue weighted by atomic mass is 32.2. The Balaban J connectivity index is 1.88. The predicted molar refractivity (Wildman–Crippen MR) is 99.4 cm³/mol. The van der Waals surface area contributed by atoms with Crippen LogP contribution in [0.4, 0.5) is 0 Å². The third-order valence-corrected chi connectivity index (χ3v) is 4.75. The summed E-state index contributed by atoms with van der Waals surface area (Å²) >= 11 is 1.66. The van der Waals surface area contributed by atoms with Crippen molar-refractivity contribution in [3.63, 3.8) is 0 Å². The molecular weight excluding hydrogens is 334 g/mol. The average molecular weight is 355 g/mol. The topological polar surface area (TPSA) is 49.2 Å². The molecule has 0 aliphatic heterocycles. The molecule has 3 rings (SSSR count). The first kappa shape index (κ1) is 17.5. The summed E-state index contributed by atoms with van der Waals surface area (Å²) in [5, 5.41) is 9.49. The molecule has 2 aromatic carbocycles. The summed E-state index contributed by atoms with van der Waals surface area (Å²) in [4.78, 5) is 0. The molecule has 0 fully saturated rings. The van der Waals surface area contributed by atoms with Gasteiger partial charge in [-0.1, -0.05) is 41.6 Å². The van der Waals surface area contributed by atoms with E-state index in [1.807, 2.05) is 28.8 Å². The van der Waals surface area contributed by atoms with Crippen LogP contribution in [0.5, 0.6) is 5.75 Å². The third kappa shape index (κ3) is 4.21. The van der Waals surface area contributed by atoms with Crippen LogP contribution in [0.3, 0.4) is 0 Å². The lowest BCUT2D eigenvalue weighted by Gasteiger charge is -2.11. The van der Waals surface area contributed by atoms with Gasteiger partial charge in [-0.05, 0) is 36.8 Å². The molecule has 1 heterocycles. The largest absolute Gasteiger partial charge is 0.497 e. The minimum atomic E-state index is 0.407. The number of aryl methyl sites for hydroxylation is 1. The molecule has 5 nitrogen and oxygen atoms in total. The van der Waals surface area contributed by atoms with Gasteiger partial charge in [0, 0.05) is 18.6 Å². The minimum Gasteiger partial charge on any atom is -0.497 e. The van der Waals surface area contributed by atoms with Crippen molar-refractivity contribution in [2.75, 3.05) is 14.2 Å². The van der Waals surface area contributed by atoms with Gasteiger partial charge in [-0.2, -0.15) is 0 Å². The maximum atomic E-state index is 5.27. The molecule has 0 aliphatic carbocycles. The van der Waals surface area contributed by atoms with Crippen LogP contribution in [-0.2, 0) is 17.1 Å². The molecule has 0 bridgehead atoms. The van der Waals surface area contributed by atoms with Crippen LogP contribution in [0.1, 0.15) is 17.0 Å². The number of hydrogen-bond acceptors (Lipinski definition) is 5. The van der Waals surface area contributed by atoms with Gasteiger partial charge in [-0.25, -0.2) is 0 Å². The maximum Gasteiger partial charge on any atom is 0.196 e. The number of benzene rings is 2. The average Bonchev–Trinajstić information content (AvgIpc) is 3.03. The summed E-state index contributed by atoms with van der Waals surface area (Å²) in [5.41, 5.74) is 3.52. The van der Waals surface area contributed by atoms with Crippen molar-refractivity contribution in [2.45, 2.75) is 24.4 Å². The Morgan fingerprint density at radius 1 is 1.04 bits per heavy atom. The van der Waals surface area contributed by atoms with Gasteiger partial charge in [0.15, 0.2) is 11.0 Å². The molecule has 0 spiro atoms. The van der Waals surface area contributed by atoms with E-state index in [1.165, 1.54) is 11.1 Å². The number of hydrogen-bond donors (Lipinski definition) is 0. The molecule has 1 aromatic heterocycles. The molecule has 130 valence electrons. The van der Waals surface area contributed by atoms with Gasteiger partial charge in [0.25, 0.3) is 0 Å². The lowest BCUT2D eigenvalue weighted by molar-refractivity contribution is 0.176. The molecular formula is C19H21N3O2S. The van der Waals surface area contributed by atoms with E-state index in [1.54, 1.807) is 26.0 Å². The van der Waals surface area contributed by atoms with Crippen molar-refractivity contribution in [2.24, 2.45) is 0 Å². The van der Waals surface area contributed by atoms with E-state index in [0.717, 1.165) is 28.2 Å². The smallest absolute Gasteiger partial charge is 0.196 e. The van der Waals surface area contributed by atoms with E-state index in [4.69, 9.17) is 9.47 Å². The molecule has 25 heavy (non-hydrogen) atoms. The molecule has 6 heteroatoms. The second-order valence-electron chi connectivity index (χ2n) is 5.64. The van der Waals surface area contributed by atoms with Gasteiger partial charge < -0.3 is 9.47 Å². The van der Waals surface area contributed by atoms with Crippen LogP contribution < -0.4 is 4.74 Å². The third-order valence-electron chi connectivity index (χ3n) is 3.75. The number of aromatic nitrogens is 3. The summed E-state index contributed by atoms with van der Waals surface area (Å²) in [7, 11) is 3.32. The Morgan fingerprint density at radius 2 is 1.84 bits per heavy atom. The molecule has 0 radical (unpaired) electrons. The normalized spacial score (nSPS) is 10.8. The second-order valence-corrected chi connectivity index (χ2v) is 6.59. The Kier molecular flexibility index (Phi) is 5.73. The van der Waals surface area contributed by atoms with Crippen LogP contribution in [0.15, 0.2) is 53.7 Å². The van der Waals surface area contributed by atoms with Crippen molar-refractivity contribution < 1.29 is 9.47 Å². The first-order valence-corrected chi connectivity index (χ1v) is 8.96. The minimum absolute atomic E-state index is 0.407. The Hall–Kier alpha value is -2.31. The van der Waals surface area contributed by atoms with Gasteiger partial charge in [-0.3, -0.25) is 4.57 Å². The molecule has 3 aromatic rings. The number of nitrogens with zero attached hydrogens (tertiary/aromatic N) is 3. The first-order chi connectivity index (χ1) is 12.2. The monoisotopic (exact) mass is 355 g/mol. The maximum absolute atomic E-state index is 5.27. The van der Waals surface area contributed by atoms with Crippen LogP contribution in [0.25, 0.3) is 5.69 Å². The molecule has 0 saturated carbocycles. The van der Waals surface area contributed by atoms with E-state index in [2.05, 4.69) is 41.4 Å². The number of ether oxygens (including phenoxy) is 2. The molecule has 0 N–H and O–H groups in total. The van der Waals surface area contributed by atoms with Crippen molar-refractivity contribution in [3.05, 3.63) is 65.5 Å².